The number of halogens is 3. The minimum Gasteiger partial charge on any atom is -0.468 e. The Morgan fingerprint density at radius 3 is 2.47 bits per heavy atom. The Labute approximate surface area is 91.6 Å². The van der Waals surface area contributed by atoms with Gasteiger partial charge in [0, 0.05) is 0 Å². The van der Waals surface area contributed by atoms with E-state index in [1.54, 1.807) is 0 Å². The highest BCUT2D eigenvalue weighted by Crippen LogP contribution is 2.15. The summed E-state index contributed by atoms with van der Waals surface area (Å²) in [4.78, 5) is 10.9. The van der Waals surface area contributed by atoms with Crippen molar-refractivity contribution in [2.45, 2.75) is 6.04 Å². The third-order valence-electron chi connectivity index (χ3n) is 1.76. The van der Waals surface area contributed by atoms with Crippen LogP contribution in [0.15, 0.2) is 18.2 Å². The lowest BCUT2D eigenvalue weighted by molar-refractivity contribution is -0.142. The molecule has 0 aliphatic heterocycles. The third kappa shape index (κ3) is 3.14. The predicted octanol–water partition coefficient (Wildman–Crippen LogP) is 1.56. The van der Waals surface area contributed by atoms with Crippen molar-refractivity contribution in [3.63, 3.8) is 0 Å². The first-order chi connectivity index (χ1) is 6.56. The van der Waals surface area contributed by atoms with Gasteiger partial charge in [-0.25, -0.2) is 8.78 Å². The zero-order valence-corrected chi connectivity index (χ0v) is 8.68. The number of methoxy groups -OCH3 is 1. The first-order valence-corrected chi connectivity index (χ1v) is 3.84. The molecule has 0 saturated heterocycles. The number of carbonyl (C=O) groups excluding carboxylic acids is 1. The molecule has 1 aromatic rings. The van der Waals surface area contributed by atoms with Gasteiger partial charge in [-0.1, -0.05) is 6.07 Å². The van der Waals surface area contributed by atoms with Crippen molar-refractivity contribution in [2.75, 3.05) is 7.11 Å². The van der Waals surface area contributed by atoms with Crippen LogP contribution in [0, 0.1) is 11.6 Å². The van der Waals surface area contributed by atoms with E-state index in [-0.39, 0.29) is 18.0 Å². The second-order valence-corrected chi connectivity index (χ2v) is 2.67. The molecule has 3 nitrogen and oxygen atoms in total. The Hall–Kier alpha value is -1.20. The monoisotopic (exact) mass is 237 g/mol. The van der Waals surface area contributed by atoms with Crippen LogP contribution < -0.4 is 5.73 Å². The first kappa shape index (κ1) is 13.8. The minimum atomic E-state index is -1.09. The quantitative estimate of drug-likeness (QED) is 0.795. The van der Waals surface area contributed by atoms with Gasteiger partial charge in [-0.3, -0.25) is 4.79 Å². The highest BCUT2D eigenvalue weighted by molar-refractivity contribution is 5.85. The van der Waals surface area contributed by atoms with E-state index in [0.717, 1.165) is 12.1 Å². The van der Waals surface area contributed by atoms with Crippen molar-refractivity contribution in [1.82, 2.24) is 0 Å². The summed E-state index contributed by atoms with van der Waals surface area (Å²) in [5, 5.41) is 0. The van der Waals surface area contributed by atoms with Crippen LogP contribution in [0.5, 0.6) is 0 Å². The molecule has 6 heteroatoms. The summed E-state index contributed by atoms with van der Waals surface area (Å²) < 4.78 is 29.6. The van der Waals surface area contributed by atoms with Crippen molar-refractivity contribution < 1.29 is 18.3 Å². The second-order valence-electron chi connectivity index (χ2n) is 2.67. The van der Waals surface area contributed by atoms with E-state index < -0.39 is 23.6 Å². The first-order valence-electron chi connectivity index (χ1n) is 3.84. The van der Waals surface area contributed by atoms with Gasteiger partial charge in [-0.05, 0) is 17.7 Å². The molecular formula is C9H10ClF2NO2. The van der Waals surface area contributed by atoms with Gasteiger partial charge in [-0.15, -0.1) is 12.4 Å². The molecule has 1 atom stereocenters. The number of nitrogens with two attached hydrogens (primary N) is 1. The molecule has 0 fully saturated rings. The number of hydrogen-bond acceptors (Lipinski definition) is 3. The smallest absolute Gasteiger partial charge is 0.327 e. The van der Waals surface area contributed by atoms with Crippen molar-refractivity contribution in [2.24, 2.45) is 5.73 Å². The molecule has 0 spiro atoms. The molecule has 1 rings (SSSR count). The maximum atomic E-state index is 12.7. The summed E-state index contributed by atoms with van der Waals surface area (Å²) in [6.45, 7) is 0. The van der Waals surface area contributed by atoms with Crippen LogP contribution in [-0.4, -0.2) is 13.1 Å². The van der Waals surface area contributed by atoms with E-state index in [2.05, 4.69) is 4.74 Å². The normalized spacial score (nSPS) is 11.5. The number of ether oxygens (including phenoxy) is 1. The molecule has 0 heterocycles. The Bertz CT molecular complexity index is 360. The van der Waals surface area contributed by atoms with Crippen molar-refractivity contribution in [1.29, 1.82) is 0 Å². The molecule has 0 bridgehead atoms. The average Bonchev–Trinajstić information content (AvgIpc) is 2.20. The number of benzene rings is 1. The lowest BCUT2D eigenvalue weighted by Gasteiger charge is -2.09. The van der Waals surface area contributed by atoms with Crippen LogP contribution in [0.25, 0.3) is 0 Å². The maximum Gasteiger partial charge on any atom is 0.327 e. The van der Waals surface area contributed by atoms with Gasteiger partial charge >= 0.3 is 5.97 Å². The molecular weight excluding hydrogens is 228 g/mol. The number of esters is 1. The summed E-state index contributed by atoms with van der Waals surface area (Å²) in [6, 6.07) is 1.93. The molecule has 0 saturated carbocycles. The molecule has 84 valence electrons. The summed E-state index contributed by atoms with van der Waals surface area (Å²) in [7, 11) is 1.17. The highest BCUT2D eigenvalue weighted by atomic mass is 35.5. The minimum absolute atomic E-state index is 0. The number of hydrogen-bond donors (Lipinski definition) is 1. The van der Waals surface area contributed by atoms with Crippen LogP contribution in [0.2, 0.25) is 0 Å². The second kappa shape index (κ2) is 5.63. The van der Waals surface area contributed by atoms with Crippen LogP contribution in [0.1, 0.15) is 11.6 Å². The van der Waals surface area contributed by atoms with E-state index in [1.165, 1.54) is 13.2 Å². The van der Waals surface area contributed by atoms with E-state index in [4.69, 9.17) is 5.73 Å². The Morgan fingerprint density at radius 1 is 1.40 bits per heavy atom. The van der Waals surface area contributed by atoms with Crippen molar-refractivity contribution in [3.8, 4) is 0 Å². The molecule has 0 radical (unpaired) electrons. The molecule has 2 N–H and O–H groups in total. The summed E-state index contributed by atoms with van der Waals surface area (Å²) >= 11 is 0. The van der Waals surface area contributed by atoms with E-state index in [9.17, 15) is 13.6 Å². The summed E-state index contributed by atoms with van der Waals surface area (Å²) in [5.41, 5.74) is 5.58. The Morgan fingerprint density at radius 2 is 2.00 bits per heavy atom. The van der Waals surface area contributed by atoms with Crippen LogP contribution in [-0.2, 0) is 9.53 Å². The van der Waals surface area contributed by atoms with Gasteiger partial charge in [0.15, 0.2) is 11.6 Å². The summed E-state index contributed by atoms with van der Waals surface area (Å²) in [5.74, 6) is -2.72. The maximum absolute atomic E-state index is 12.7. The molecule has 0 aliphatic rings. The molecule has 0 aromatic heterocycles. The van der Waals surface area contributed by atoms with Crippen LogP contribution in [0.3, 0.4) is 0 Å². The van der Waals surface area contributed by atoms with Crippen LogP contribution >= 0.6 is 12.4 Å². The predicted molar refractivity (Wildman–Crippen MR) is 52.6 cm³/mol. The lowest BCUT2D eigenvalue weighted by atomic mass is 10.1. The molecule has 1 aromatic carbocycles. The fraction of sp³-hybridized carbons (Fsp3) is 0.222. The zero-order valence-electron chi connectivity index (χ0n) is 7.87. The van der Waals surface area contributed by atoms with Crippen molar-refractivity contribution in [3.05, 3.63) is 35.4 Å². The molecule has 15 heavy (non-hydrogen) atoms. The van der Waals surface area contributed by atoms with Gasteiger partial charge in [0.2, 0.25) is 0 Å². The van der Waals surface area contributed by atoms with E-state index in [1.807, 2.05) is 0 Å². The number of rotatable bonds is 2. The SMILES string of the molecule is COC(=O)[C@H](N)c1ccc(F)c(F)c1.Cl. The Kier molecular flexibility index (Phi) is 5.18. The van der Waals surface area contributed by atoms with Gasteiger partial charge in [0.25, 0.3) is 0 Å². The third-order valence-corrected chi connectivity index (χ3v) is 1.76. The Balaban J connectivity index is 0.00000196. The molecule has 0 unspecified atom stereocenters. The average molecular weight is 238 g/mol. The molecule has 0 amide bonds. The standard InChI is InChI=1S/C9H9F2NO2.ClH/c1-14-9(13)8(12)5-2-3-6(10)7(11)4-5;/h2-4,8H,12H2,1H3;1H/t8-;/m1./s1. The van der Waals surface area contributed by atoms with Gasteiger partial charge in [0.1, 0.15) is 6.04 Å². The van der Waals surface area contributed by atoms with E-state index >= 15 is 0 Å². The molecule has 0 aliphatic carbocycles. The topological polar surface area (TPSA) is 52.3 Å². The van der Waals surface area contributed by atoms with Crippen LogP contribution in [0.4, 0.5) is 8.78 Å². The largest absolute Gasteiger partial charge is 0.468 e. The van der Waals surface area contributed by atoms with Gasteiger partial charge < -0.3 is 10.5 Å². The van der Waals surface area contributed by atoms with E-state index in [0.29, 0.717) is 0 Å². The number of carbonyl (C=O) groups is 1. The lowest BCUT2D eigenvalue weighted by Crippen LogP contribution is -2.22. The fourth-order valence-electron chi connectivity index (χ4n) is 0.969. The van der Waals surface area contributed by atoms with Crippen molar-refractivity contribution >= 4 is 18.4 Å². The fourth-order valence-corrected chi connectivity index (χ4v) is 0.969. The van der Waals surface area contributed by atoms with Gasteiger partial charge in [0.05, 0.1) is 7.11 Å². The van der Waals surface area contributed by atoms with Gasteiger partial charge in [-0.2, -0.15) is 0 Å². The zero-order chi connectivity index (χ0) is 10.7. The highest BCUT2D eigenvalue weighted by Gasteiger charge is 2.17. The summed E-state index contributed by atoms with van der Waals surface area (Å²) in [6.07, 6.45) is 0.